The highest BCUT2D eigenvalue weighted by Gasteiger charge is 2.21. The number of carbonyl (C=O) groups excluding carboxylic acids is 1. The molecule has 19 heavy (non-hydrogen) atoms. The zero-order chi connectivity index (χ0) is 14.0. The number of nitrogens with zero attached hydrogens (tertiary/aromatic N) is 2. The second-order valence-corrected chi connectivity index (χ2v) is 4.54. The maximum absolute atomic E-state index is 12.5. The van der Waals surface area contributed by atoms with Gasteiger partial charge >= 0.3 is 5.69 Å². The Labute approximate surface area is 109 Å². The van der Waals surface area contributed by atoms with Crippen molar-refractivity contribution < 1.29 is 4.79 Å². The Balaban J connectivity index is 2.48. The SMILES string of the molecule is CC(C)N(CCN)C(=O)c1ccnc2[nH]c(=O)[nH]c12. The smallest absolute Gasteiger partial charge is 0.325 e. The summed E-state index contributed by atoms with van der Waals surface area (Å²) in [7, 11) is 0. The lowest BCUT2D eigenvalue weighted by Crippen LogP contribution is -2.40. The van der Waals surface area contributed by atoms with E-state index in [0.717, 1.165) is 0 Å². The number of carbonyl (C=O) groups is 1. The molecule has 0 unspecified atom stereocenters. The molecule has 0 aliphatic rings. The molecular weight excluding hydrogens is 246 g/mol. The Bertz CT molecular complexity index is 643. The van der Waals surface area contributed by atoms with Gasteiger partial charge in [0.1, 0.15) is 0 Å². The molecule has 0 aromatic carbocycles. The minimum absolute atomic E-state index is 0.0323. The summed E-state index contributed by atoms with van der Waals surface area (Å²) in [6.07, 6.45) is 1.50. The zero-order valence-corrected chi connectivity index (χ0v) is 10.9. The van der Waals surface area contributed by atoms with E-state index < -0.39 is 0 Å². The topological polar surface area (TPSA) is 108 Å². The lowest BCUT2D eigenvalue weighted by atomic mass is 10.2. The first-order valence-electron chi connectivity index (χ1n) is 6.12. The fraction of sp³-hybridized carbons (Fsp3) is 0.417. The number of hydrogen-bond acceptors (Lipinski definition) is 4. The largest absolute Gasteiger partial charge is 0.335 e. The molecule has 2 aromatic rings. The average molecular weight is 263 g/mol. The van der Waals surface area contributed by atoms with Gasteiger partial charge in [-0.25, -0.2) is 9.78 Å². The van der Waals surface area contributed by atoms with Crippen LogP contribution in [0, 0.1) is 0 Å². The Kier molecular flexibility index (Phi) is 3.66. The monoisotopic (exact) mass is 263 g/mol. The van der Waals surface area contributed by atoms with Crippen LogP contribution in [0.3, 0.4) is 0 Å². The third-order valence-electron chi connectivity index (χ3n) is 2.91. The molecule has 7 heteroatoms. The zero-order valence-electron chi connectivity index (χ0n) is 10.9. The van der Waals surface area contributed by atoms with Crippen LogP contribution in [-0.4, -0.2) is 44.9 Å². The molecule has 0 spiro atoms. The molecule has 2 aromatic heterocycles. The maximum atomic E-state index is 12.5. The molecule has 2 heterocycles. The fourth-order valence-corrected chi connectivity index (χ4v) is 2.00. The van der Waals surface area contributed by atoms with E-state index >= 15 is 0 Å². The summed E-state index contributed by atoms with van der Waals surface area (Å²) >= 11 is 0. The van der Waals surface area contributed by atoms with Gasteiger partial charge in [0, 0.05) is 25.3 Å². The van der Waals surface area contributed by atoms with Crippen LogP contribution in [0.5, 0.6) is 0 Å². The van der Waals surface area contributed by atoms with Crippen LogP contribution in [0.4, 0.5) is 0 Å². The highest BCUT2D eigenvalue weighted by molar-refractivity contribution is 6.03. The first kappa shape index (κ1) is 13.3. The second-order valence-electron chi connectivity index (χ2n) is 4.54. The quantitative estimate of drug-likeness (QED) is 0.724. The lowest BCUT2D eigenvalue weighted by Gasteiger charge is -2.26. The molecule has 102 valence electrons. The summed E-state index contributed by atoms with van der Waals surface area (Å²) in [5, 5.41) is 0. The minimum Gasteiger partial charge on any atom is -0.335 e. The summed E-state index contributed by atoms with van der Waals surface area (Å²) in [6.45, 7) is 4.70. The summed E-state index contributed by atoms with van der Waals surface area (Å²) in [4.78, 5) is 34.6. The van der Waals surface area contributed by atoms with Crippen molar-refractivity contribution in [2.24, 2.45) is 5.73 Å². The van der Waals surface area contributed by atoms with Crippen LogP contribution >= 0.6 is 0 Å². The van der Waals surface area contributed by atoms with Crippen LogP contribution in [0.1, 0.15) is 24.2 Å². The van der Waals surface area contributed by atoms with Crippen molar-refractivity contribution in [3.05, 3.63) is 28.3 Å². The first-order valence-corrected chi connectivity index (χ1v) is 6.12. The number of amides is 1. The van der Waals surface area contributed by atoms with Gasteiger partial charge in [-0.15, -0.1) is 0 Å². The van der Waals surface area contributed by atoms with Gasteiger partial charge < -0.3 is 15.6 Å². The summed E-state index contributed by atoms with van der Waals surface area (Å²) in [6, 6.07) is 1.63. The van der Waals surface area contributed by atoms with Gasteiger partial charge in [-0.1, -0.05) is 0 Å². The third-order valence-corrected chi connectivity index (χ3v) is 2.91. The first-order chi connectivity index (χ1) is 9.04. The number of nitrogens with two attached hydrogens (primary N) is 1. The Morgan fingerprint density at radius 1 is 1.47 bits per heavy atom. The normalized spacial score (nSPS) is 11.2. The predicted molar refractivity (Wildman–Crippen MR) is 71.9 cm³/mol. The van der Waals surface area contributed by atoms with Gasteiger partial charge in [0.05, 0.1) is 11.1 Å². The number of pyridine rings is 1. The summed E-state index contributed by atoms with van der Waals surface area (Å²) in [5.41, 5.74) is 6.39. The van der Waals surface area contributed by atoms with Crippen molar-refractivity contribution in [3.8, 4) is 0 Å². The van der Waals surface area contributed by atoms with Gasteiger partial charge in [-0.05, 0) is 19.9 Å². The number of aromatic amines is 2. The number of imidazole rings is 1. The average Bonchev–Trinajstić information content (AvgIpc) is 2.74. The van der Waals surface area contributed by atoms with E-state index in [9.17, 15) is 9.59 Å². The molecule has 0 aliphatic heterocycles. The van der Waals surface area contributed by atoms with Gasteiger partial charge in [-0.3, -0.25) is 9.78 Å². The number of nitrogens with one attached hydrogen (secondary N) is 2. The Morgan fingerprint density at radius 2 is 2.21 bits per heavy atom. The second kappa shape index (κ2) is 5.23. The minimum atomic E-state index is -0.377. The molecule has 0 radical (unpaired) electrons. The van der Waals surface area contributed by atoms with E-state index in [4.69, 9.17) is 5.73 Å². The van der Waals surface area contributed by atoms with E-state index in [1.54, 1.807) is 11.0 Å². The molecule has 7 nitrogen and oxygen atoms in total. The third kappa shape index (κ3) is 2.50. The van der Waals surface area contributed by atoms with Gasteiger partial charge in [0.25, 0.3) is 5.91 Å². The highest BCUT2D eigenvalue weighted by atomic mass is 16.2. The fourth-order valence-electron chi connectivity index (χ4n) is 2.00. The van der Waals surface area contributed by atoms with Crippen molar-refractivity contribution in [2.45, 2.75) is 19.9 Å². The van der Waals surface area contributed by atoms with Gasteiger partial charge in [0.15, 0.2) is 5.65 Å². The number of rotatable bonds is 4. The molecule has 2 rings (SSSR count). The number of hydrogen-bond donors (Lipinski definition) is 3. The van der Waals surface area contributed by atoms with Crippen LogP contribution in [0.15, 0.2) is 17.1 Å². The van der Waals surface area contributed by atoms with Crippen molar-refractivity contribution in [3.63, 3.8) is 0 Å². The van der Waals surface area contributed by atoms with Crippen LogP contribution in [-0.2, 0) is 0 Å². The molecule has 0 fully saturated rings. The lowest BCUT2D eigenvalue weighted by molar-refractivity contribution is 0.0713. The van der Waals surface area contributed by atoms with Crippen LogP contribution < -0.4 is 11.4 Å². The molecule has 1 amide bonds. The Hall–Kier alpha value is -2.15. The summed E-state index contributed by atoms with van der Waals surface area (Å²) < 4.78 is 0. The van der Waals surface area contributed by atoms with Crippen molar-refractivity contribution >= 4 is 17.1 Å². The van der Waals surface area contributed by atoms with E-state index in [2.05, 4.69) is 15.0 Å². The number of fused-ring (bicyclic) bond motifs is 1. The Morgan fingerprint density at radius 3 is 2.84 bits per heavy atom. The molecule has 0 saturated carbocycles. The standard InChI is InChI=1S/C12H17N5O2/c1-7(2)17(6-4-13)11(18)8-3-5-14-10-9(8)15-12(19)16-10/h3,5,7H,4,6,13H2,1-2H3,(H2,14,15,16,19). The molecule has 0 bridgehead atoms. The van der Waals surface area contributed by atoms with Crippen molar-refractivity contribution in [2.75, 3.05) is 13.1 Å². The molecule has 0 aliphatic carbocycles. The highest BCUT2D eigenvalue weighted by Crippen LogP contribution is 2.14. The molecule has 4 N–H and O–H groups in total. The molecule has 0 saturated heterocycles. The maximum Gasteiger partial charge on any atom is 0.325 e. The van der Waals surface area contributed by atoms with E-state index in [0.29, 0.717) is 29.8 Å². The van der Waals surface area contributed by atoms with Crippen LogP contribution in [0.2, 0.25) is 0 Å². The predicted octanol–water partition coefficient (Wildman–Crippen LogP) is 0.0605. The van der Waals surface area contributed by atoms with Gasteiger partial charge in [-0.2, -0.15) is 0 Å². The number of aromatic nitrogens is 3. The molecular formula is C12H17N5O2. The summed E-state index contributed by atoms with van der Waals surface area (Å²) in [5.74, 6) is -0.164. The van der Waals surface area contributed by atoms with Crippen LogP contribution in [0.25, 0.3) is 11.2 Å². The van der Waals surface area contributed by atoms with E-state index in [1.807, 2.05) is 13.8 Å². The van der Waals surface area contributed by atoms with E-state index in [-0.39, 0.29) is 17.6 Å². The molecule has 0 atom stereocenters. The van der Waals surface area contributed by atoms with E-state index in [1.165, 1.54) is 6.20 Å². The van der Waals surface area contributed by atoms with Gasteiger partial charge in [0.2, 0.25) is 0 Å². The number of H-pyrrole nitrogens is 2. The van der Waals surface area contributed by atoms with Crippen molar-refractivity contribution in [1.82, 2.24) is 19.9 Å². The van der Waals surface area contributed by atoms with Crippen molar-refractivity contribution in [1.29, 1.82) is 0 Å².